The smallest absolute Gasteiger partial charge is 0.254 e. The Kier molecular flexibility index (Phi) is 5.22. The van der Waals surface area contributed by atoms with Crippen molar-refractivity contribution in [1.82, 2.24) is 4.90 Å². The summed E-state index contributed by atoms with van der Waals surface area (Å²) in [5.41, 5.74) is 0.770. The maximum atomic E-state index is 14.0. The van der Waals surface area contributed by atoms with E-state index in [4.69, 9.17) is 9.15 Å². The highest BCUT2D eigenvalue weighted by Crippen LogP contribution is 2.23. The van der Waals surface area contributed by atoms with Gasteiger partial charge >= 0.3 is 0 Å². The summed E-state index contributed by atoms with van der Waals surface area (Å²) in [6, 6.07) is 14.3. The van der Waals surface area contributed by atoms with Gasteiger partial charge in [0.15, 0.2) is 11.6 Å². The zero-order chi connectivity index (χ0) is 18.5. The molecule has 134 valence electrons. The number of phenolic OH excluding ortho intramolecular Hbond substituents is 1. The van der Waals surface area contributed by atoms with Crippen molar-refractivity contribution in [3.8, 4) is 11.5 Å². The van der Waals surface area contributed by atoms with Crippen molar-refractivity contribution in [3.05, 3.63) is 83.6 Å². The van der Waals surface area contributed by atoms with Crippen LogP contribution >= 0.6 is 0 Å². The number of ether oxygens (including phenoxy) is 1. The van der Waals surface area contributed by atoms with Gasteiger partial charge in [-0.3, -0.25) is 4.79 Å². The molecule has 2 aromatic carbocycles. The highest BCUT2D eigenvalue weighted by Gasteiger charge is 2.20. The Morgan fingerprint density at radius 1 is 1.15 bits per heavy atom. The van der Waals surface area contributed by atoms with Gasteiger partial charge in [-0.25, -0.2) is 4.39 Å². The predicted octanol–water partition coefficient (Wildman–Crippen LogP) is 3.98. The molecule has 0 spiro atoms. The van der Waals surface area contributed by atoms with Crippen LogP contribution in [0.2, 0.25) is 0 Å². The molecule has 0 aliphatic carbocycles. The lowest BCUT2D eigenvalue weighted by Gasteiger charge is -2.22. The summed E-state index contributed by atoms with van der Waals surface area (Å²) in [5.74, 6) is -0.252. The second-order valence-electron chi connectivity index (χ2n) is 5.72. The van der Waals surface area contributed by atoms with E-state index in [1.807, 2.05) is 0 Å². The van der Waals surface area contributed by atoms with E-state index < -0.39 is 5.82 Å². The number of methoxy groups -OCH3 is 1. The molecule has 0 aliphatic rings. The third-order valence-electron chi connectivity index (χ3n) is 3.97. The highest BCUT2D eigenvalue weighted by molar-refractivity contribution is 5.94. The molecule has 6 heteroatoms. The van der Waals surface area contributed by atoms with Crippen molar-refractivity contribution in [2.75, 3.05) is 7.11 Å². The van der Waals surface area contributed by atoms with Gasteiger partial charge in [-0.1, -0.05) is 18.2 Å². The SMILES string of the molecule is COc1ccc(C(=O)N(Cc2ccco2)Cc2ccccc2O)cc1F. The number of halogens is 1. The van der Waals surface area contributed by atoms with Gasteiger partial charge in [0.05, 0.1) is 26.5 Å². The Morgan fingerprint density at radius 2 is 1.96 bits per heavy atom. The Morgan fingerprint density at radius 3 is 2.62 bits per heavy atom. The van der Waals surface area contributed by atoms with Gasteiger partial charge in [-0.2, -0.15) is 0 Å². The van der Waals surface area contributed by atoms with Crippen LogP contribution in [0.15, 0.2) is 65.3 Å². The summed E-state index contributed by atoms with van der Waals surface area (Å²) in [5, 5.41) is 10.0. The molecule has 3 rings (SSSR count). The van der Waals surface area contributed by atoms with E-state index in [2.05, 4.69) is 0 Å². The molecule has 0 bridgehead atoms. The molecule has 5 nitrogen and oxygen atoms in total. The standard InChI is InChI=1S/C20H18FNO4/c1-25-19-9-8-14(11-17(19)21)20(24)22(13-16-6-4-10-26-16)12-15-5-2-3-7-18(15)23/h2-11,23H,12-13H2,1H3. The summed E-state index contributed by atoms with van der Waals surface area (Å²) in [4.78, 5) is 14.4. The number of para-hydroxylation sites is 1. The van der Waals surface area contributed by atoms with Crippen LogP contribution in [0.1, 0.15) is 21.7 Å². The fourth-order valence-electron chi connectivity index (χ4n) is 2.62. The first-order valence-corrected chi connectivity index (χ1v) is 8.00. The van der Waals surface area contributed by atoms with Crippen molar-refractivity contribution < 1.29 is 23.4 Å². The molecule has 1 N–H and O–H groups in total. The van der Waals surface area contributed by atoms with Crippen molar-refractivity contribution in [2.45, 2.75) is 13.1 Å². The Labute approximate surface area is 150 Å². The van der Waals surface area contributed by atoms with Crippen molar-refractivity contribution in [1.29, 1.82) is 0 Å². The van der Waals surface area contributed by atoms with E-state index >= 15 is 0 Å². The van der Waals surface area contributed by atoms with Gasteiger partial charge in [0.1, 0.15) is 11.5 Å². The number of benzene rings is 2. The van der Waals surface area contributed by atoms with E-state index in [1.165, 1.54) is 30.4 Å². The van der Waals surface area contributed by atoms with Gasteiger partial charge in [-0.05, 0) is 36.4 Å². The third kappa shape index (κ3) is 3.85. The summed E-state index contributed by atoms with van der Waals surface area (Å²) in [6.07, 6.45) is 1.52. The monoisotopic (exact) mass is 355 g/mol. The minimum Gasteiger partial charge on any atom is -0.508 e. The number of hydrogen-bond donors (Lipinski definition) is 1. The fraction of sp³-hybridized carbons (Fsp3) is 0.150. The molecule has 0 aliphatic heterocycles. The summed E-state index contributed by atoms with van der Waals surface area (Å²) < 4.78 is 24.2. The zero-order valence-electron chi connectivity index (χ0n) is 14.2. The average molecular weight is 355 g/mol. The first-order chi connectivity index (χ1) is 12.6. The lowest BCUT2D eigenvalue weighted by Crippen LogP contribution is -2.30. The largest absolute Gasteiger partial charge is 0.508 e. The second kappa shape index (κ2) is 7.74. The molecule has 1 amide bonds. The van der Waals surface area contributed by atoms with Crippen LogP contribution in [-0.4, -0.2) is 23.0 Å². The summed E-state index contributed by atoms with van der Waals surface area (Å²) in [6.45, 7) is 0.341. The lowest BCUT2D eigenvalue weighted by molar-refractivity contribution is 0.0716. The van der Waals surface area contributed by atoms with E-state index in [0.717, 1.165) is 6.07 Å². The van der Waals surface area contributed by atoms with E-state index in [-0.39, 0.29) is 36.1 Å². The molecular formula is C20H18FNO4. The van der Waals surface area contributed by atoms with Crippen molar-refractivity contribution >= 4 is 5.91 Å². The Bertz CT molecular complexity index is 893. The van der Waals surface area contributed by atoms with Gasteiger partial charge in [-0.15, -0.1) is 0 Å². The number of amides is 1. The van der Waals surface area contributed by atoms with Crippen molar-refractivity contribution in [3.63, 3.8) is 0 Å². The number of furan rings is 1. The van der Waals surface area contributed by atoms with E-state index in [9.17, 15) is 14.3 Å². The third-order valence-corrected chi connectivity index (χ3v) is 3.97. The highest BCUT2D eigenvalue weighted by atomic mass is 19.1. The van der Waals surface area contributed by atoms with Crippen LogP contribution in [-0.2, 0) is 13.1 Å². The van der Waals surface area contributed by atoms with Crippen LogP contribution in [0, 0.1) is 5.82 Å². The number of hydrogen-bond acceptors (Lipinski definition) is 4. The maximum absolute atomic E-state index is 14.0. The quantitative estimate of drug-likeness (QED) is 0.727. The summed E-state index contributed by atoms with van der Waals surface area (Å²) >= 11 is 0. The fourth-order valence-corrected chi connectivity index (χ4v) is 2.62. The molecule has 0 fully saturated rings. The van der Waals surface area contributed by atoms with E-state index in [0.29, 0.717) is 11.3 Å². The van der Waals surface area contributed by atoms with Crippen molar-refractivity contribution in [2.24, 2.45) is 0 Å². The van der Waals surface area contributed by atoms with Gasteiger partial charge in [0.25, 0.3) is 5.91 Å². The molecule has 0 saturated heterocycles. The molecule has 1 heterocycles. The number of aromatic hydroxyl groups is 1. The van der Waals surface area contributed by atoms with Crippen LogP contribution in [0.4, 0.5) is 4.39 Å². The topological polar surface area (TPSA) is 62.9 Å². The molecule has 0 unspecified atom stereocenters. The van der Waals surface area contributed by atoms with Gasteiger partial charge in [0, 0.05) is 11.1 Å². The van der Waals surface area contributed by atoms with E-state index in [1.54, 1.807) is 36.4 Å². The minimum atomic E-state index is -0.612. The molecule has 26 heavy (non-hydrogen) atoms. The summed E-state index contributed by atoms with van der Waals surface area (Å²) in [7, 11) is 1.36. The predicted molar refractivity (Wildman–Crippen MR) is 93.3 cm³/mol. The van der Waals surface area contributed by atoms with Crippen LogP contribution in [0.3, 0.4) is 0 Å². The van der Waals surface area contributed by atoms with Crippen LogP contribution in [0.5, 0.6) is 11.5 Å². The van der Waals surface area contributed by atoms with Crippen LogP contribution in [0.25, 0.3) is 0 Å². The lowest BCUT2D eigenvalue weighted by atomic mass is 10.1. The molecule has 0 saturated carbocycles. The number of carbonyl (C=O) groups is 1. The second-order valence-corrected chi connectivity index (χ2v) is 5.72. The molecular weight excluding hydrogens is 337 g/mol. The Balaban J connectivity index is 1.90. The molecule has 3 aromatic rings. The number of nitrogens with zero attached hydrogens (tertiary/aromatic N) is 1. The average Bonchev–Trinajstić information content (AvgIpc) is 3.15. The first-order valence-electron chi connectivity index (χ1n) is 8.00. The van der Waals surface area contributed by atoms with Crippen LogP contribution < -0.4 is 4.74 Å². The molecule has 0 radical (unpaired) electrons. The molecule has 0 atom stereocenters. The Hall–Kier alpha value is -3.28. The number of rotatable bonds is 6. The number of carbonyl (C=O) groups excluding carboxylic acids is 1. The van der Waals surface area contributed by atoms with Gasteiger partial charge in [0.2, 0.25) is 0 Å². The number of phenols is 1. The maximum Gasteiger partial charge on any atom is 0.254 e. The minimum absolute atomic E-state index is 0.0693. The molecule has 1 aromatic heterocycles. The zero-order valence-corrected chi connectivity index (χ0v) is 14.2. The normalized spacial score (nSPS) is 10.5. The van der Waals surface area contributed by atoms with Gasteiger partial charge < -0.3 is 19.2 Å². The first kappa shape index (κ1) is 17.5.